The minimum absolute atomic E-state index is 0.105. The van der Waals surface area contributed by atoms with E-state index in [0.29, 0.717) is 17.9 Å². The van der Waals surface area contributed by atoms with E-state index in [1.807, 2.05) is 30.5 Å². The Kier molecular flexibility index (Phi) is 5.05. The molecule has 1 aliphatic rings. The van der Waals surface area contributed by atoms with E-state index in [-0.39, 0.29) is 11.8 Å². The van der Waals surface area contributed by atoms with Gasteiger partial charge < -0.3 is 14.4 Å². The van der Waals surface area contributed by atoms with Crippen LogP contribution in [0.2, 0.25) is 0 Å². The molecular weight excluding hydrogens is 362 g/mol. The van der Waals surface area contributed by atoms with Crippen LogP contribution in [0.3, 0.4) is 0 Å². The average molecular weight is 384 g/mol. The number of ether oxygens (including phenoxy) is 1. The Morgan fingerprint density at radius 1 is 1.07 bits per heavy atom. The summed E-state index contributed by atoms with van der Waals surface area (Å²) in [6.07, 6.45) is 2.92. The molecule has 146 valence electrons. The van der Waals surface area contributed by atoms with Crippen LogP contribution in [-0.2, 0) is 13.1 Å². The molecule has 4 nitrogen and oxygen atoms in total. The highest BCUT2D eigenvalue weighted by molar-refractivity contribution is 5.45. The van der Waals surface area contributed by atoms with Crippen LogP contribution in [0.4, 0.5) is 8.78 Å². The van der Waals surface area contributed by atoms with Crippen LogP contribution in [0.25, 0.3) is 0 Å². The normalized spacial score (nSPS) is 17.2. The zero-order valence-corrected chi connectivity index (χ0v) is 15.6. The number of benzene rings is 2. The largest absolute Gasteiger partial charge is 0.504 e. The van der Waals surface area contributed by atoms with Crippen LogP contribution in [0.5, 0.6) is 11.5 Å². The molecule has 28 heavy (non-hydrogen) atoms. The molecule has 0 bridgehead atoms. The van der Waals surface area contributed by atoms with Crippen LogP contribution in [-0.4, -0.2) is 28.2 Å². The highest BCUT2D eigenvalue weighted by Crippen LogP contribution is 2.36. The van der Waals surface area contributed by atoms with Gasteiger partial charge in [0.05, 0.1) is 13.2 Å². The third-order valence-corrected chi connectivity index (χ3v) is 5.29. The minimum atomic E-state index is -0.857. The van der Waals surface area contributed by atoms with E-state index in [9.17, 15) is 13.9 Å². The van der Waals surface area contributed by atoms with E-state index in [4.69, 9.17) is 4.74 Å². The Bertz CT molecular complexity index is 986. The summed E-state index contributed by atoms with van der Waals surface area (Å²) >= 11 is 0. The molecule has 0 spiro atoms. The lowest BCUT2D eigenvalue weighted by Gasteiger charge is -2.31. The van der Waals surface area contributed by atoms with Crippen LogP contribution in [0.15, 0.2) is 54.7 Å². The zero-order chi connectivity index (χ0) is 19.7. The van der Waals surface area contributed by atoms with Crippen molar-refractivity contribution in [2.24, 2.45) is 0 Å². The predicted octanol–water partition coefficient (Wildman–Crippen LogP) is 4.48. The lowest BCUT2D eigenvalue weighted by atomic mass is 10.0. The zero-order valence-electron chi connectivity index (χ0n) is 15.6. The fraction of sp³-hybridized carbons (Fsp3) is 0.273. The van der Waals surface area contributed by atoms with Crippen LogP contribution < -0.4 is 4.74 Å². The van der Waals surface area contributed by atoms with E-state index in [0.717, 1.165) is 30.8 Å². The number of fused-ring (bicyclic) bond motifs is 1. The maximum Gasteiger partial charge on any atom is 0.162 e. The number of halogens is 2. The fourth-order valence-electron chi connectivity index (χ4n) is 3.95. The first-order valence-electron chi connectivity index (χ1n) is 9.27. The van der Waals surface area contributed by atoms with Gasteiger partial charge in [-0.1, -0.05) is 18.2 Å². The number of aromatic hydroxyl groups is 1. The number of phenolic OH excluding ortho intramolecular Hbond substituents is 1. The summed E-state index contributed by atoms with van der Waals surface area (Å²) in [5.41, 5.74) is 2.43. The second kappa shape index (κ2) is 7.64. The van der Waals surface area contributed by atoms with Crippen molar-refractivity contribution >= 4 is 0 Å². The lowest BCUT2D eigenvalue weighted by molar-refractivity contribution is 0.216. The second-order valence-corrected chi connectivity index (χ2v) is 6.99. The molecule has 3 aromatic rings. The highest BCUT2D eigenvalue weighted by atomic mass is 19.2. The molecule has 0 fully saturated rings. The van der Waals surface area contributed by atoms with Gasteiger partial charge in [0.15, 0.2) is 23.1 Å². The summed E-state index contributed by atoms with van der Waals surface area (Å²) in [6, 6.07) is 13.2. The van der Waals surface area contributed by atoms with Crippen molar-refractivity contribution in [3.05, 3.63) is 83.2 Å². The third kappa shape index (κ3) is 3.36. The van der Waals surface area contributed by atoms with Crippen molar-refractivity contribution in [2.75, 3.05) is 13.7 Å². The Morgan fingerprint density at radius 3 is 2.71 bits per heavy atom. The number of para-hydroxylation sites is 1. The number of phenols is 1. The molecule has 4 rings (SSSR count). The van der Waals surface area contributed by atoms with Gasteiger partial charge in [0.25, 0.3) is 0 Å². The van der Waals surface area contributed by atoms with Crippen molar-refractivity contribution in [2.45, 2.75) is 25.6 Å². The molecule has 0 saturated heterocycles. The molecule has 1 aromatic heterocycles. The Hall–Kier alpha value is -2.86. The van der Waals surface area contributed by atoms with E-state index in [1.165, 1.54) is 19.2 Å². The first kappa shape index (κ1) is 18.5. The maximum atomic E-state index is 14.0. The van der Waals surface area contributed by atoms with Gasteiger partial charge in [0, 0.05) is 37.1 Å². The number of hydrogen-bond donors (Lipinski definition) is 1. The molecular formula is C22H22F2N2O2. The molecule has 0 amide bonds. The van der Waals surface area contributed by atoms with Crippen molar-refractivity contribution in [1.29, 1.82) is 0 Å². The number of nitrogens with zero attached hydrogens (tertiary/aromatic N) is 2. The van der Waals surface area contributed by atoms with Crippen LogP contribution in [0, 0.1) is 11.6 Å². The third-order valence-electron chi connectivity index (χ3n) is 5.29. The second-order valence-electron chi connectivity index (χ2n) is 6.99. The van der Waals surface area contributed by atoms with Crippen molar-refractivity contribution in [1.82, 2.24) is 9.47 Å². The Morgan fingerprint density at radius 2 is 1.93 bits per heavy atom. The predicted molar refractivity (Wildman–Crippen MR) is 102 cm³/mol. The number of methoxy groups -OCH3 is 1. The van der Waals surface area contributed by atoms with Crippen LogP contribution in [0.1, 0.15) is 29.3 Å². The first-order valence-corrected chi connectivity index (χ1v) is 9.27. The van der Waals surface area contributed by atoms with Crippen LogP contribution >= 0.6 is 0 Å². The fourth-order valence-corrected chi connectivity index (χ4v) is 3.95. The summed E-state index contributed by atoms with van der Waals surface area (Å²) in [5.74, 6) is -1.19. The Labute approximate surface area is 162 Å². The maximum absolute atomic E-state index is 14.0. The van der Waals surface area contributed by atoms with Crippen molar-refractivity contribution < 1.29 is 18.6 Å². The number of rotatable bonds is 4. The molecule has 0 radical (unpaired) electrons. The van der Waals surface area contributed by atoms with Crippen molar-refractivity contribution in [3.63, 3.8) is 0 Å². The average Bonchev–Trinajstić information content (AvgIpc) is 3.07. The van der Waals surface area contributed by atoms with Gasteiger partial charge in [-0.2, -0.15) is 0 Å². The number of aryl methyl sites for hydroxylation is 1. The van der Waals surface area contributed by atoms with Gasteiger partial charge in [-0.15, -0.1) is 0 Å². The molecule has 1 N–H and O–H groups in total. The quantitative estimate of drug-likeness (QED) is 0.721. The van der Waals surface area contributed by atoms with Gasteiger partial charge in [0.2, 0.25) is 0 Å². The minimum Gasteiger partial charge on any atom is -0.504 e. The molecule has 2 aromatic carbocycles. The first-order chi connectivity index (χ1) is 13.6. The van der Waals surface area contributed by atoms with E-state index in [2.05, 4.69) is 9.47 Å². The van der Waals surface area contributed by atoms with Gasteiger partial charge in [-0.3, -0.25) is 4.90 Å². The van der Waals surface area contributed by atoms with Gasteiger partial charge in [0.1, 0.15) is 0 Å². The van der Waals surface area contributed by atoms with Crippen molar-refractivity contribution in [3.8, 4) is 11.5 Å². The van der Waals surface area contributed by atoms with Gasteiger partial charge >= 0.3 is 0 Å². The number of hydrogen-bond acceptors (Lipinski definition) is 3. The topological polar surface area (TPSA) is 37.6 Å². The Balaban J connectivity index is 1.77. The number of aromatic nitrogens is 1. The molecule has 0 unspecified atom stereocenters. The summed E-state index contributed by atoms with van der Waals surface area (Å²) < 4.78 is 34.9. The van der Waals surface area contributed by atoms with E-state index >= 15 is 0 Å². The monoisotopic (exact) mass is 384 g/mol. The van der Waals surface area contributed by atoms with E-state index in [1.54, 1.807) is 12.1 Å². The SMILES string of the molecule is COc1cccc(CN2CCCn3cccc3[C@@H]2c2ccc(F)c(F)c2)c1O. The standard InChI is InChI=1S/C22H22F2N2O2/c1-28-20-7-2-5-16(22(20)27)14-26-12-4-11-25-10-3-6-19(25)21(26)15-8-9-17(23)18(24)13-15/h2-3,5-10,13,21,27H,4,11-12,14H2,1H3/t21-/m0/s1. The lowest BCUT2D eigenvalue weighted by Crippen LogP contribution is -2.29. The molecule has 2 heterocycles. The summed E-state index contributed by atoms with van der Waals surface area (Å²) in [5, 5.41) is 10.5. The smallest absolute Gasteiger partial charge is 0.162 e. The molecule has 0 aliphatic carbocycles. The summed E-state index contributed by atoms with van der Waals surface area (Å²) in [6.45, 7) is 2.06. The molecule has 6 heteroatoms. The molecule has 1 aliphatic heterocycles. The van der Waals surface area contributed by atoms with E-state index < -0.39 is 11.6 Å². The van der Waals surface area contributed by atoms with Gasteiger partial charge in [-0.25, -0.2) is 8.78 Å². The van der Waals surface area contributed by atoms with Gasteiger partial charge in [-0.05, 0) is 42.3 Å². The summed E-state index contributed by atoms with van der Waals surface area (Å²) in [7, 11) is 1.52. The molecule has 0 saturated carbocycles. The summed E-state index contributed by atoms with van der Waals surface area (Å²) in [4.78, 5) is 2.18. The highest BCUT2D eigenvalue weighted by Gasteiger charge is 2.29. The molecule has 1 atom stereocenters.